The first kappa shape index (κ1) is 19.2. The summed E-state index contributed by atoms with van der Waals surface area (Å²) >= 11 is -1.72. The summed E-state index contributed by atoms with van der Waals surface area (Å²) in [5, 5.41) is 2.46. The summed E-state index contributed by atoms with van der Waals surface area (Å²) in [6.07, 6.45) is 0.0320. The third-order valence-electron chi connectivity index (χ3n) is 4.18. The number of aryl methyl sites for hydroxylation is 2. The molecule has 2 aromatic carbocycles. The molecule has 3 rings (SSSR count). The van der Waals surface area contributed by atoms with Crippen LogP contribution in [0.2, 0.25) is 0 Å². The van der Waals surface area contributed by atoms with Crippen LogP contribution in [0.1, 0.15) is 30.5 Å². The fourth-order valence-corrected chi connectivity index (χ4v) is 3.72. The molecule has 0 saturated heterocycles. The van der Waals surface area contributed by atoms with Crippen LogP contribution in [0.4, 0.5) is 4.79 Å². The number of carbonyl (C=O) groups excluding carboxylic acids is 1. The van der Waals surface area contributed by atoms with Crippen LogP contribution in [0.5, 0.6) is 17.2 Å². The summed E-state index contributed by atoms with van der Waals surface area (Å²) in [4.78, 5) is 12.1. The Kier molecular flexibility index (Phi) is 5.41. The van der Waals surface area contributed by atoms with E-state index < -0.39 is 17.2 Å². The van der Waals surface area contributed by atoms with Crippen molar-refractivity contribution in [2.75, 3.05) is 5.88 Å². The van der Waals surface area contributed by atoms with Gasteiger partial charge in [-0.2, -0.15) is 0 Å². The van der Waals surface area contributed by atoms with Gasteiger partial charge in [0.05, 0.1) is 0 Å². The number of nitrogens with one attached hydrogen (secondary N) is 1. The molecule has 1 unspecified atom stereocenters. The average molecular weight is 389 g/mol. The van der Waals surface area contributed by atoms with E-state index >= 15 is 0 Å². The van der Waals surface area contributed by atoms with Crippen molar-refractivity contribution in [2.45, 2.75) is 39.7 Å². The number of carbonyl (C=O) groups is 1. The molecule has 6 nitrogen and oxygen atoms in total. The first-order valence-electron chi connectivity index (χ1n) is 8.65. The van der Waals surface area contributed by atoms with Crippen molar-refractivity contribution < 1.29 is 22.7 Å². The van der Waals surface area contributed by atoms with Crippen LogP contribution in [-0.2, 0) is 17.5 Å². The number of para-hydroxylation sites is 2. The molecule has 7 heteroatoms. The Balaban J connectivity index is 1.57. The van der Waals surface area contributed by atoms with E-state index in [1.807, 2.05) is 58.0 Å². The lowest BCUT2D eigenvalue weighted by Crippen LogP contribution is -2.31. The number of fused-ring (bicyclic) bond motifs is 1. The van der Waals surface area contributed by atoms with E-state index in [1.54, 1.807) is 6.07 Å². The summed E-state index contributed by atoms with van der Waals surface area (Å²) in [5.74, 6) is 1.29. The molecule has 0 aliphatic carbocycles. The minimum absolute atomic E-state index is 0.187. The van der Waals surface area contributed by atoms with E-state index in [9.17, 15) is 9.00 Å². The highest BCUT2D eigenvalue weighted by Crippen LogP contribution is 2.41. The molecule has 2 aromatic rings. The molecule has 1 heterocycles. The number of amides is 1. The lowest BCUT2D eigenvalue weighted by atomic mass is 10.0. The molecular formula is C20H23NO5S. The van der Waals surface area contributed by atoms with Gasteiger partial charge in [0.2, 0.25) is 11.1 Å². The standard InChI is InChI=1S/C20H23NO5S/c1-13-7-5-8-14(2)17(13)26-27(23)12-21-19(22)24-16-10-6-9-15-11-20(3,4)25-18(15)16/h5-10H,11-12H2,1-4H3,(H,21,22). The molecular weight excluding hydrogens is 366 g/mol. The van der Waals surface area contributed by atoms with Crippen molar-refractivity contribution in [1.29, 1.82) is 0 Å². The summed E-state index contributed by atoms with van der Waals surface area (Å²) < 4.78 is 28.8. The Hall–Kier alpha value is -2.54. The molecule has 0 saturated carbocycles. The van der Waals surface area contributed by atoms with Gasteiger partial charge in [-0.05, 0) is 44.9 Å². The van der Waals surface area contributed by atoms with Crippen molar-refractivity contribution in [3.63, 3.8) is 0 Å². The van der Waals surface area contributed by atoms with E-state index in [0.29, 0.717) is 17.2 Å². The van der Waals surface area contributed by atoms with Gasteiger partial charge in [-0.25, -0.2) is 9.00 Å². The SMILES string of the molecule is Cc1cccc(C)c1OS(=O)CNC(=O)Oc1cccc2c1OC(C)(C)C2. The van der Waals surface area contributed by atoms with Crippen LogP contribution in [0.15, 0.2) is 36.4 Å². The molecule has 144 valence electrons. The predicted molar refractivity (Wildman–Crippen MR) is 104 cm³/mol. The quantitative estimate of drug-likeness (QED) is 0.842. The summed E-state index contributed by atoms with van der Waals surface area (Å²) in [7, 11) is 0. The molecule has 0 aromatic heterocycles. The lowest BCUT2D eigenvalue weighted by Gasteiger charge is -2.18. The predicted octanol–water partition coefficient (Wildman–Crippen LogP) is 3.81. The second-order valence-corrected chi connectivity index (χ2v) is 8.16. The van der Waals surface area contributed by atoms with Gasteiger partial charge < -0.3 is 19.0 Å². The van der Waals surface area contributed by atoms with Crippen molar-refractivity contribution in [3.05, 3.63) is 53.1 Å². The van der Waals surface area contributed by atoms with Crippen LogP contribution in [0.3, 0.4) is 0 Å². The topological polar surface area (TPSA) is 73.9 Å². The average Bonchev–Trinajstić information content (AvgIpc) is 2.91. The van der Waals surface area contributed by atoms with Gasteiger partial charge in [0, 0.05) is 12.0 Å². The van der Waals surface area contributed by atoms with Gasteiger partial charge in [0.1, 0.15) is 17.2 Å². The van der Waals surface area contributed by atoms with Crippen molar-refractivity contribution >= 4 is 17.2 Å². The maximum absolute atomic E-state index is 12.1. The van der Waals surface area contributed by atoms with Crippen LogP contribution >= 0.6 is 0 Å². The highest BCUT2D eigenvalue weighted by Gasteiger charge is 2.32. The summed E-state index contributed by atoms with van der Waals surface area (Å²) in [6.45, 7) is 7.70. The fourth-order valence-electron chi connectivity index (χ4n) is 2.97. The van der Waals surface area contributed by atoms with Gasteiger partial charge in [-0.15, -0.1) is 0 Å². The van der Waals surface area contributed by atoms with Gasteiger partial charge >= 0.3 is 6.09 Å². The van der Waals surface area contributed by atoms with E-state index in [2.05, 4.69) is 5.32 Å². The molecule has 27 heavy (non-hydrogen) atoms. The van der Waals surface area contributed by atoms with E-state index in [4.69, 9.17) is 13.7 Å². The number of hydrogen-bond acceptors (Lipinski definition) is 5. The first-order chi connectivity index (χ1) is 12.7. The normalized spacial score (nSPS) is 15.4. The summed E-state index contributed by atoms with van der Waals surface area (Å²) in [5.41, 5.74) is 2.42. The van der Waals surface area contributed by atoms with Gasteiger partial charge in [-0.1, -0.05) is 30.3 Å². The van der Waals surface area contributed by atoms with E-state index in [0.717, 1.165) is 23.1 Å². The number of benzene rings is 2. The van der Waals surface area contributed by atoms with Crippen molar-refractivity contribution in [3.8, 4) is 17.2 Å². The molecule has 1 amide bonds. The van der Waals surface area contributed by atoms with E-state index in [1.165, 1.54) is 0 Å². The Bertz CT molecular complexity index is 874. The van der Waals surface area contributed by atoms with Crippen LogP contribution in [-0.4, -0.2) is 21.8 Å². The maximum Gasteiger partial charge on any atom is 0.413 e. The lowest BCUT2D eigenvalue weighted by molar-refractivity contribution is 0.133. The largest absolute Gasteiger partial charge is 0.483 e. The van der Waals surface area contributed by atoms with Gasteiger partial charge in [0.15, 0.2) is 11.5 Å². The zero-order chi connectivity index (χ0) is 19.6. The maximum atomic E-state index is 12.1. The molecule has 0 fully saturated rings. The third kappa shape index (κ3) is 4.60. The number of hydrogen-bond donors (Lipinski definition) is 1. The zero-order valence-corrected chi connectivity index (χ0v) is 16.6. The Morgan fingerprint density at radius 1 is 1.19 bits per heavy atom. The van der Waals surface area contributed by atoms with E-state index in [-0.39, 0.29) is 11.5 Å². The van der Waals surface area contributed by atoms with Crippen LogP contribution in [0.25, 0.3) is 0 Å². The first-order valence-corrected chi connectivity index (χ1v) is 9.89. The minimum Gasteiger partial charge on any atom is -0.483 e. The van der Waals surface area contributed by atoms with Crippen LogP contribution < -0.4 is 19.0 Å². The molecule has 1 aliphatic rings. The zero-order valence-electron chi connectivity index (χ0n) is 15.8. The molecule has 0 bridgehead atoms. The smallest absolute Gasteiger partial charge is 0.413 e. The molecule has 1 N–H and O–H groups in total. The Morgan fingerprint density at radius 3 is 2.56 bits per heavy atom. The number of rotatable bonds is 5. The van der Waals surface area contributed by atoms with Crippen molar-refractivity contribution in [2.24, 2.45) is 0 Å². The third-order valence-corrected chi connectivity index (χ3v) is 4.91. The fraction of sp³-hybridized carbons (Fsp3) is 0.350. The van der Waals surface area contributed by atoms with Crippen LogP contribution in [0, 0.1) is 13.8 Å². The summed E-state index contributed by atoms with van der Waals surface area (Å²) in [6, 6.07) is 11.1. The van der Waals surface area contributed by atoms with Gasteiger partial charge in [0.25, 0.3) is 0 Å². The minimum atomic E-state index is -1.72. The molecule has 1 atom stereocenters. The highest BCUT2D eigenvalue weighted by atomic mass is 32.2. The Morgan fingerprint density at radius 2 is 1.85 bits per heavy atom. The van der Waals surface area contributed by atoms with Crippen molar-refractivity contribution in [1.82, 2.24) is 5.32 Å². The van der Waals surface area contributed by atoms with Gasteiger partial charge in [-0.3, -0.25) is 0 Å². The molecule has 0 spiro atoms. The molecule has 0 radical (unpaired) electrons. The Labute approximate surface area is 161 Å². The monoisotopic (exact) mass is 389 g/mol. The molecule has 1 aliphatic heterocycles. The second kappa shape index (κ2) is 7.60. The second-order valence-electron chi connectivity index (χ2n) is 7.10. The number of ether oxygens (including phenoxy) is 2. The highest BCUT2D eigenvalue weighted by molar-refractivity contribution is 7.80.